The third-order valence-corrected chi connectivity index (χ3v) is 3.61. The molecule has 4 heterocycles. The van der Waals surface area contributed by atoms with E-state index in [4.69, 9.17) is 13.8 Å². The third kappa shape index (κ3) is 1.82. The van der Waals surface area contributed by atoms with Crippen LogP contribution < -0.4 is 5.17 Å². The van der Waals surface area contributed by atoms with Gasteiger partial charge in [-0.1, -0.05) is 11.2 Å². The van der Waals surface area contributed by atoms with Crippen LogP contribution in [0.25, 0.3) is 10.6 Å². The van der Waals surface area contributed by atoms with E-state index in [-0.39, 0.29) is 6.10 Å². The lowest BCUT2D eigenvalue weighted by atomic mass is 10.3. The molecule has 0 bridgehead atoms. The Labute approximate surface area is 117 Å². The van der Waals surface area contributed by atoms with Gasteiger partial charge < -0.3 is 8.94 Å². The van der Waals surface area contributed by atoms with Crippen LogP contribution in [0.5, 0.6) is 0 Å². The summed E-state index contributed by atoms with van der Waals surface area (Å²) in [4.78, 5) is 6.56. The number of hydrazone groups is 1. The van der Waals surface area contributed by atoms with Crippen molar-refractivity contribution in [3.63, 3.8) is 0 Å². The maximum Gasteiger partial charge on any atom is 0.250 e. The summed E-state index contributed by atoms with van der Waals surface area (Å²) in [5.74, 6) is 1.61. The normalized spacial score (nSPS) is 18.0. The quantitative estimate of drug-likeness (QED) is 0.737. The zero-order chi connectivity index (χ0) is 13.4. The first-order valence-electron chi connectivity index (χ1n) is 5.82. The molecular weight excluding hydrogens is 280 g/mol. The molecule has 1 atom stereocenters. The van der Waals surface area contributed by atoms with Gasteiger partial charge in [-0.25, -0.2) is 4.84 Å². The van der Waals surface area contributed by atoms with Crippen molar-refractivity contribution in [2.45, 2.75) is 6.10 Å². The largest absolute Gasteiger partial charge is 0.466 e. The van der Waals surface area contributed by atoms with Gasteiger partial charge in [0, 0.05) is 5.27 Å². The van der Waals surface area contributed by atoms with Gasteiger partial charge in [0.25, 0.3) is 5.82 Å². The van der Waals surface area contributed by atoms with Crippen LogP contribution in [0.15, 0.2) is 50.0 Å². The fourth-order valence-electron chi connectivity index (χ4n) is 1.84. The lowest BCUT2D eigenvalue weighted by Crippen LogP contribution is -2.14. The van der Waals surface area contributed by atoms with E-state index in [1.165, 1.54) is 16.5 Å². The molecule has 1 aliphatic heterocycles. The average molecular weight is 288 g/mol. The van der Waals surface area contributed by atoms with Gasteiger partial charge in [-0.15, -0.1) is 16.5 Å². The van der Waals surface area contributed by atoms with Gasteiger partial charge >= 0.3 is 0 Å². The third-order valence-electron chi connectivity index (χ3n) is 2.74. The molecule has 1 aliphatic rings. The second-order valence-electron chi connectivity index (χ2n) is 3.98. The van der Waals surface area contributed by atoms with Crippen LogP contribution in [0.2, 0.25) is 0 Å². The van der Waals surface area contributed by atoms with E-state index >= 15 is 0 Å². The van der Waals surface area contributed by atoms with Crippen molar-refractivity contribution in [2.75, 3.05) is 5.17 Å². The van der Waals surface area contributed by atoms with Crippen LogP contribution in [0, 0.1) is 0 Å². The second-order valence-corrected chi connectivity index (χ2v) is 4.93. The molecule has 0 radical (unpaired) electrons. The molecule has 0 saturated heterocycles. The van der Waals surface area contributed by atoms with E-state index in [0.717, 1.165) is 4.88 Å². The van der Waals surface area contributed by atoms with Crippen molar-refractivity contribution in [3.05, 3.63) is 41.7 Å². The number of rotatable bonds is 3. The molecule has 0 aliphatic carbocycles. The standard InChI is InChI=1S/C12H8N4O3S/c1-3-8(17-5-1)9-7-13-16(19-9)12-11(18-15-14-12)10-4-2-6-20-10/h1-7,9H. The number of hydrogen-bond donors (Lipinski definition) is 0. The SMILES string of the molecule is C1=NN(c2nnoc2-c2cccs2)OC1c1ccco1. The molecule has 20 heavy (non-hydrogen) atoms. The van der Waals surface area contributed by atoms with Crippen LogP contribution in [0.3, 0.4) is 0 Å². The Morgan fingerprint density at radius 2 is 2.25 bits per heavy atom. The van der Waals surface area contributed by atoms with Gasteiger partial charge in [-0.3, -0.25) is 0 Å². The van der Waals surface area contributed by atoms with Crippen molar-refractivity contribution >= 4 is 23.4 Å². The highest BCUT2D eigenvalue weighted by Gasteiger charge is 2.29. The number of hydrogen-bond acceptors (Lipinski definition) is 8. The molecule has 7 nitrogen and oxygen atoms in total. The van der Waals surface area contributed by atoms with Crippen LogP contribution in [0.4, 0.5) is 5.82 Å². The molecule has 0 N–H and O–H groups in total. The van der Waals surface area contributed by atoms with Crippen LogP contribution in [0.1, 0.15) is 11.9 Å². The van der Waals surface area contributed by atoms with Crippen LogP contribution in [-0.4, -0.2) is 16.6 Å². The molecule has 100 valence electrons. The van der Waals surface area contributed by atoms with E-state index in [9.17, 15) is 0 Å². The Morgan fingerprint density at radius 3 is 3.05 bits per heavy atom. The summed E-state index contributed by atoms with van der Waals surface area (Å²) in [7, 11) is 0. The minimum Gasteiger partial charge on any atom is -0.466 e. The lowest BCUT2D eigenvalue weighted by molar-refractivity contribution is 0.0831. The Kier molecular flexibility index (Phi) is 2.61. The predicted molar refractivity (Wildman–Crippen MR) is 71.1 cm³/mol. The summed E-state index contributed by atoms with van der Waals surface area (Å²) < 4.78 is 10.5. The number of nitrogens with zero attached hydrogens (tertiary/aromatic N) is 4. The molecule has 3 aromatic heterocycles. The van der Waals surface area contributed by atoms with Crippen molar-refractivity contribution in [1.82, 2.24) is 10.4 Å². The number of anilines is 1. The summed E-state index contributed by atoms with van der Waals surface area (Å²) in [6.07, 6.45) is 2.84. The highest BCUT2D eigenvalue weighted by Crippen LogP contribution is 2.35. The molecule has 0 amide bonds. The summed E-state index contributed by atoms with van der Waals surface area (Å²) in [6, 6.07) is 7.46. The highest BCUT2D eigenvalue weighted by atomic mass is 32.1. The van der Waals surface area contributed by atoms with Crippen LogP contribution in [-0.2, 0) is 4.84 Å². The van der Waals surface area contributed by atoms with E-state index in [1.807, 2.05) is 23.6 Å². The van der Waals surface area contributed by atoms with Gasteiger partial charge in [0.15, 0.2) is 6.10 Å². The van der Waals surface area contributed by atoms with E-state index in [1.54, 1.807) is 18.5 Å². The molecule has 4 rings (SSSR count). The van der Waals surface area contributed by atoms with Gasteiger partial charge in [-0.2, -0.15) is 5.10 Å². The predicted octanol–water partition coefficient (Wildman–Crippen LogP) is 2.87. The van der Waals surface area contributed by atoms with Gasteiger partial charge in [0.2, 0.25) is 5.76 Å². The molecular formula is C12H8N4O3S. The summed E-state index contributed by atoms with van der Waals surface area (Å²) in [5, 5.41) is 14.9. The fourth-order valence-corrected chi connectivity index (χ4v) is 2.54. The molecule has 8 heteroatoms. The summed E-state index contributed by atoms with van der Waals surface area (Å²) in [6.45, 7) is 0. The number of furan rings is 1. The lowest BCUT2D eigenvalue weighted by Gasteiger charge is -2.11. The second kappa shape index (κ2) is 4.58. The van der Waals surface area contributed by atoms with Gasteiger partial charge in [0.05, 0.1) is 17.4 Å². The maximum absolute atomic E-state index is 5.65. The monoisotopic (exact) mass is 288 g/mol. The molecule has 1 unspecified atom stereocenters. The van der Waals surface area contributed by atoms with Crippen molar-refractivity contribution < 1.29 is 13.8 Å². The van der Waals surface area contributed by atoms with E-state index in [2.05, 4.69) is 15.5 Å². The first-order valence-corrected chi connectivity index (χ1v) is 6.70. The van der Waals surface area contributed by atoms with Crippen molar-refractivity contribution in [1.29, 1.82) is 0 Å². The Bertz CT molecular complexity index is 720. The Morgan fingerprint density at radius 1 is 1.25 bits per heavy atom. The zero-order valence-electron chi connectivity index (χ0n) is 10.0. The summed E-state index contributed by atoms with van der Waals surface area (Å²) >= 11 is 1.53. The topological polar surface area (TPSA) is 76.9 Å². The molecule has 0 spiro atoms. The number of aromatic nitrogens is 2. The first-order chi connectivity index (χ1) is 9.92. The Balaban J connectivity index is 1.62. The van der Waals surface area contributed by atoms with Crippen molar-refractivity contribution in [2.24, 2.45) is 5.10 Å². The zero-order valence-corrected chi connectivity index (χ0v) is 10.9. The van der Waals surface area contributed by atoms with E-state index in [0.29, 0.717) is 17.3 Å². The van der Waals surface area contributed by atoms with Crippen LogP contribution >= 0.6 is 11.3 Å². The van der Waals surface area contributed by atoms with Crippen molar-refractivity contribution in [3.8, 4) is 10.6 Å². The maximum atomic E-state index is 5.65. The average Bonchev–Trinajstić information content (AvgIpc) is 3.23. The minimum atomic E-state index is -0.377. The fraction of sp³-hybridized carbons (Fsp3) is 0.0833. The molecule has 0 saturated carbocycles. The van der Waals surface area contributed by atoms with Gasteiger partial charge in [-0.05, 0) is 23.6 Å². The van der Waals surface area contributed by atoms with E-state index < -0.39 is 0 Å². The Hall–Kier alpha value is -2.45. The summed E-state index contributed by atoms with van der Waals surface area (Å²) in [5.41, 5.74) is 0. The molecule has 0 aromatic carbocycles. The number of thiophene rings is 1. The highest BCUT2D eigenvalue weighted by molar-refractivity contribution is 7.13. The smallest absolute Gasteiger partial charge is 0.250 e. The molecule has 3 aromatic rings. The first kappa shape index (κ1) is 11.4. The van der Waals surface area contributed by atoms with Gasteiger partial charge in [0.1, 0.15) is 5.76 Å². The molecule has 0 fully saturated rings. The minimum absolute atomic E-state index is 0.377.